The summed E-state index contributed by atoms with van der Waals surface area (Å²) in [4.78, 5) is 23.3. The van der Waals surface area contributed by atoms with Crippen molar-refractivity contribution in [3.63, 3.8) is 0 Å². The lowest BCUT2D eigenvalue weighted by molar-refractivity contribution is -0.123. The van der Waals surface area contributed by atoms with Crippen molar-refractivity contribution in [2.75, 3.05) is 23.3 Å². The Bertz CT molecular complexity index is 1360. The highest BCUT2D eigenvalue weighted by atomic mass is 19.4. The third kappa shape index (κ3) is 5.02. The Balaban J connectivity index is 1.28. The van der Waals surface area contributed by atoms with Gasteiger partial charge in [-0.1, -0.05) is 12.1 Å². The van der Waals surface area contributed by atoms with Crippen LogP contribution in [0.3, 0.4) is 0 Å². The van der Waals surface area contributed by atoms with Crippen LogP contribution in [0.25, 0.3) is 11.1 Å². The summed E-state index contributed by atoms with van der Waals surface area (Å²) in [6, 6.07) is 11.3. The number of hydrogen-bond donors (Lipinski definition) is 3. The Labute approximate surface area is 204 Å². The van der Waals surface area contributed by atoms with Gasteiger partial charge >= 0.3 is 6.18 Å². The van der Waals surface area contributed by atoms with E-state index < -0.39 is 18.6 Å². The van der Waals surface area contributed by atoms with Gasteiger partial charge in [-0.2, -0.15) is 23.3 Å². The number of nitrogens with zero attached hydrogens (tertiary/aromatic N) is 5. The number of H-pyrrole nitrogens is 1. The van der Waals surface area contributed by atoms with Crippen molar-refractivity contribution in [3.8, 4) is 11.1 Å². The lowest BCUT2D eigenvalue weighted by Gasteiger charge is -2.28. The monoisotopic (exact) mass is 496 g/mol. The van der Waals surface area contributed by atoms with E-state index in [0.29, 0.717) is 31.3 Å². The minimum Gasteiger partial charge on any atom is -0.342 e. The first-order chi connectivity index (χ1) is 17.3. The van der Waals surface area contributed by atoms with Crippen LogP contribution in [0.1, 0.15) is 21.7 Å². The third-order valence-corrected chi connectivity index (χ3v) is 6.04. The normalized spacial score (nSPS) is 13.4. The fraction of sp³-hybridized carbons (Fsp3) is 0.250. The molecule has 3 N–H and O–H groups in total. The summed E-state index contributed by atoms with van der Waals surface area (Å²) in [5, 5.41) is 12.0. The predicted molar refractivity (Wildman–Crippen MR) is 128 cm³/mol. The molecular formula is C24H23F3N8O. The second kappa shape index (κ2) is 9.36. The van der Waals surface area contributed by atoms with Gasteiger partial charge in [0, 0.05) is 42.9 Å². The maximum atomic E-state index is 12.5. The molecule has 1 aliphatic heterocycles. The number of carbonyl (C=O) groups is 1. The van der Waals surface area contributed by atoms with Gasteiger partial charge in [0.25, 0.3) is 5.91 Å². The molecule has 0 unspecified atom stereocenters. The number of halogens is 3. The second-order valence-corrected chi connectivity index (χ2v) is 8.46. The summed E-state index contributed by atoms with van der Waals surface area (Å²) in [5.41, 5.74) is 4.87. The standard InChI is InChI=1S/C24H23F3N8O/c1-34-19(22(36)29-14-24(25,26)27)10-16-7-9-35(13-20(16)34)23-28-8-6-21(33-23)32-18-4-2-15(3-5-18)17-11-30-31-12-17/h2-6,8,10-12H,7,9,13-14H2,1H3,(H,29,36)(H,30,31)(H,28,32,33). The molecule has 1 amide bonds. The first-order valence-electron chi connectivity index (χ1n) is 11.2. The predicted octanol–water partition coefficient (Wildman–Crippen LogP) is 3.80. The maximum absolute atomic E-state index is 12.5. The van der Waals surface area contributed by atoms with Crippen molar-refractivity contribution in [3.05, 3.63) is 71.9 Å². The molecular weight excluding hydrogens is 473 g/mol. The summed E-state index contributed by atoms with van der Waals surface area (Å²) in [6.45, 7) is -0.321. The number of anilines is 3. The van der Waals surface area contributed by atoms with Crippen molar-refractivity contribution in [2.45, 2.75) is 19.1 Å². The van der Waals surface area contributed by atoms with Crippen LogP contribution in [-0.4, -0.2) is 49.9 Å². The number of alkyl halides is 3. The number of nitrogens with one attached hydrogen (secondary N) is 3. The third-order valence-electron chi connectivity index (χ3n) is 6.04. The van der Waals surface area contributed by atoms with Gasteiger partial charge in [-0.15, -0.1) is 0 Å². The van der Waals surface area contributed by atoms with Gasteiger partial charge in [-0.05, 0) is 41.8 Å². The molecule has 0 fully saturated rings. The van der Waals surface area contributed by atoms with Crippen molar-refractivity contribution in [2.24, 2.45) is 7.05 Å². The summed E-state index contributed by atoms with van der Waals surface area (Å²) >= 11 is 0. The van der Waals surface area contributed by atoms with Crippen molar-refractivity contribution in [1.82, 2.24) is 30.0 Å². The molecule has 186 valence electrons. The van der Waals surface area contributed by atoms with Crippen molar-refractivity contribution >= 4 is 23.4 Å². The van der Waals surface area contributed by atoms with Gasteiger partial charge in [0.15, 0.2) is 0 Å². The highest BCUT2D eigenvalue weighted by Crippen LogP contribution is 2.27. The number of aromatic nitrogens is 5. The molecule has 4 aromatic rings. The summed E-state index contributed by atoms with van der Waals surface area (Å²) in [7, 11) is 1.68. The molecule has 9 nitrogen and oxygen atoms in total. The Hall–Kier alpha value is -4.35. The average Bonchev–Trinajstić information content (AvgIpc) is 3.51. The molecule has 12 heteroatoms. The van der Waals surface area contributed by atoms with Crippen molar-refractivity contribution in [1.29, 1.82) is 0 Å². The molecule has 0 radical (unpaired) electrons. The van der Waals surface area contributed by atoms with E-state index in [4.69, 9.17) is 0 Å². The fourth-order valence-corrected chi connectivity index (χ4v) is 4.18. The molecule has 1 aromatic carbocycles. The maximum Gasteiger partial charge on any atom is 0.405 e. The smallest absolute Gasteiger partial charge is 0.342 e. The van der Waals surface area contributed by atoms with Crippen LogP contribution in [0, 0.1) is 0 Å². The second-order valence-electron chi connectivity index (χ2n) is 8.46. The van der Waals surface area contributed by atoms with E-state index in [0.717, 1.165) is 28.1 Å². The minimum absolute atomic E-state index is 0.196. The van der Waals surface area contributed by atoms with E-state index in [1.54, 1.807) is 36.1 Å². The first kappa shape index (κ1) is 23.4. The Morgan fingerprint density at radius 1 is 1.17 bits per heavy atom. The number of carbonyl (C=O) groups excluding carboxylic acids is 1. The zero-order valence-electron chi connectivity index (χ0n) is 19.3. The number of amides is 1. The van der Waals surface area contributed by atoms with E-state index in [-0.39, 0.29) is 5.69 Å². The van der Waals surface area contributed by atoms with Crippen LogP contribution in [0.15, 0.2) is 55.0 Å². The molecule has 36 heavy (non-hydrogen) atoms. The van der Waals surface area contributed by atoms with Gasteiger partial charge in [0.1, 0.15) is 18.1 Å². The summed E-state index contributed by atoms with van der Waals surface area (Å²) in [6.07, 6.45) is 1.41. The molecule has 0 atom stereocenters. The molecule has 0 bridgehead atoms. The zero-order valence-corrected chi connectivity index (χ0v) is 19.3. The average molecular weight is 496 g/mol. The van der Waals surface area contributed by atoms with E-state index >= 15 is 0 Å². The highest BCUT2D eigenvalue weighted by Gasteiger charge is 2.30. The molecule has 4 heterocycles. The SMILES string of the molecule is Cn1c(C(=O)NCC(F)(F)F)cc2c1CN(c1nccc(Nc3ccc(-c4cn[nH]c4)cc3)n1)CC2. The topological polar surface area (TPSA) is 104 Å². The Morgan fingerprint density at radius 3 is 2.69 bits per heavy atom. The van der Waals surface area contributed by atoms with Crippen LogP contribution >= 0.6 is 0 Å². The largest absolute Gasteiger partial charge is 0.405 e. The minimum atomic E-state index is -4.46. The van der Waals surface area contributed by atoms with Crippen LogP contribution in [0.5, 0.6) is 0 Å². The lowest BCUT2D eigenvalue weighted by atomic mass is 10.1. The number of benzene rings is 1. The molecule has 0 saturated carbocycles. The first-order valence-corrected chi connectivity index (χ1v) is 11.2. The van der Waals surface area contributed by atoms with E-state index in [1.807, 2.05) is 40.7 Å². The van der Waals surface area contributed by atoms with Crippen LogP contribution in [-0.2, 0) is 20.0 Å². The van der Waals surface area contributed by atoms with Gasteiger partial charge < -0.3 is 20.1 Å². The van der Waals surface area contributed by atoms with Crippen molar-refractivity contribution < 1.29 is 18.0 Å². The number of aromatic amines is 1. The van der Waals surface area contributed by atoms with E-state index in [1.165, 1.54) is 0 Å². The van der Waals surface area contributed by atoms with E-state index in [9.17, 15) is 18.0 Å². The highest BCUT2D eigenvalue weighted by molar-refractivity contribution is 5.93. The van der Waals surface area contributed by atoms with Gasteiger partial charge in [-0.25, -0.2) is 4.98 Å². The van der Waals surface area contributed by atoms with Crippen LogP contribution in [0.4, 0.5) is 30.6 Å². The molecule has 0 saturated heterocycles. The number of rotatable bonds is 6. The number of fused-ring (bicyclic) bond motifs is 1. The Kier molecular flexibility index (Phi) is 6.08. The molecule has 0 aliphatic carbocycles. The van der Waals surface area contributed by atoms with Crippen LogP contribution < -0.4 is 15.5 Å². The molecule has 5 rings (SSSR count). The molecule has 1 aliphatic rings. The van der Waals surface area contributed by atoms with Gasteiger partial charge in [0.05, 0.1) is 12.7 Å². The zero-order chi connectivity index (χ0) is 25.3. The fourth-order valence-electron chi connectivity index (χ4n) is 4.18. The number of hydrogen-bond acceptors (Lipinski definition) is 6. The van der Waals surface area contributed by atoms with Crippen LogP contribution in [0.2, 0.25) is 0 Å². The van der Waals surface area contributed by atoms with E-state index in [2.05, 4.69) is 25.5 Å². The quantitative estimate of drug-likeness (QED) is 0.375. The van der Waals surface area contributed by atoms with Gasteiger partial charge in [-0.3, -0.25) is 9.89 Å². The Morgan fingerprint density at radius 2 is 1.97 bits per heavy atom. The lowest BCUT2D eigenvalue weighted by Crippen LogP contribution is -2.35. The summed E-state index contributed by atoms with van der Waals surface area (Å²) in [5.74, 6) is 0.392. The molecule has 0 spiro atoms. The molecule has 3 aromatic heterocycles. The summed E-state index contributed by atoms with van der Waals surface area (Å²) < 4.78 is 39.1. The van der Waals surface area contributed by atoms with Gasteiger partial charge in [0.2, 0.25) is 5.95 Å².